The molecule has 1 aromatic carbocycles. The fourth-order valence-electron chi connectivity index (χ4n) is 2.30. The van der Waals surface area contributed by atoms with Crippen LogP contribution in [0.3, 0.4) is 0 Å². The molecule has 1 N–H and O–H groups in total. The van der Waals surface area contributed by atoms with Crippen LogP contribution in [0.15, 0.2) is 30.3 Å². The van der Waals surface area contributed by atoms with Crippen LogP contribution in [0.1, 0.15) is 5.56 Å². The van der Waals surface area contributed by atoms with Crippen molar-refractivity contribution < 1.29 is 14.6 Å². The first-order valence-electron chi connectivity index (χ1n) is 7.02. The van der Waals surface area contributed by atoms with Crippen molar-refractivity contribution in [3.8, 4) is 0 Å². The Bertz CT molecular complexity index is 405. The number of morpholine rings is 1. The summed E-state index contributed by atoms with van der Waals surface area (Å²) >= 11 is 0. The number of hydrogen-bond donors (Lipinski definition) is 1. The van der Waals surface area contributed by atoms with Crippen LogP contribution >= 0.6 is 0 Å². The first-order valence-corrected chi connectivity index (χ1v) is 7.02. The number of carbonyl (C=O) groups excluding carboxylic acids is 1. The van der Waals surface area contributed by atoms with Gasteiger partial charge in [-0.15, -0.1) is 0 Å². The third-order valence-corrected chi connectivity index (χ3v) is 3.39. The molecule has 1 aliphatic rings. The molecule has 110 valence electrons. The lowest BCUT2D eigenvalue weighted by molar-refractivity contribution is -0.136. The zero-order valence-electron chi connectivity index (χ0n) is 11.7. The molecule has 1 fully saturated rings. The van der Waals surface area contributed by atoms with Gasteiger partial charge in [0, 0.05) is 26.2 Å². The minimum absolute atomic E-state index is 0.0588. The van der Waals surface area contributed by atoms with Gasteiger partial charge in [0.15, 0.2) is 0 Å². The largest absolute Gasteiger partial charge is 0.395 e. The van der Waals surface area contributed by atoms with E-state index in [1.807, 2.05) is 40.1 Å². The number of aliphatic hydroxyl groups excluding tert-OH is 1. The molecule has 1 aliphatic heterocycles. The smallest absolute Gasteiger partial charge is 0.236 e. The number of ether oxygens (including phenoxy) is 1. The number of carbonyl (C=O) groups is 1. The number of nitrogens with zero attached hydrogens (tertiary/aromatic N) is 2. The van der Waals surface area contributed by atoms with E-state index in [2.05, 4.69) is 0 Å². The molecule has 0 bridgehead atoms. The summed E-state index contributed by atoms with van der Waals surface area (Å²) in [5.41, 5.74) is 1.15. The average Bonchev–Trinajstić information content (AvgIpc) is 2.49. The van der Waals surface area contributed by atoms with Crippen molar-refractivity contribution in [3.63, 3.8) is 0 Å². The summed E-state index contributed by atoms with van der Waals surface area (Å²) in [7, 11) is 0. The fraction of sp³-hybridized carbons (Fsp3) is 0.533. The summed E-state index contributed by atoms with van der Waals surface area (Å²) < 4.78 is 5.25. The summed E-state index contributed by atoms with van der Waals surface area (Å²) in [6, 6.07) is 10.00. The van der Waals surface area contributed by atoms with Gasteiger partial charge in [0.1, 0.15) is 0 Å². The predicted octanol–water partition coefficient (Wildman–Crippen LogP) is 0.340. The van der Waals surface area contributed by atoms with Crippen molar-refractivity contribution in [2.24, 2.45) is 0 Å². The number of amides is 1. The Hall–Kier alpha value is -1.43. The Balaban J connectivity index is 1.89. The van der Waals surface area contributed by atoms with Gasteiger partial charge in [-0.25, -0.2) is 0 Å². The average molecular weight is 278 g/mol. The first kappa shape index (κ1) is 15.0. The monoisotopic (exact) mass is 278 g/mol. The number of hydrogen-bond acceptors (Lipinski definition) is 4. The van der Waals surface area contributed by atoms with Crippen LogP contribution in [-0.4, -0.2) is 66.8 Å². The lowest BCUT2D eigenvalue weighted by atomic mass is 10.2. The quantitative estimate of drug-likeness (QED) is 0.815. The number of rotatable bonds is 6. The molecule has 1 heterocycles. The van der Waals surface area contributed by atoms with Gasteiger partial charge in [0.2, 0.25) is 5.91 Å². The first-order chi connectivity index (χ1) is 9.79. The molecule has 5 nitrogen and oxygen atoms in total. The summed E-state index contributed by atoms with van der Waals surface area (Å²) in [5.74, 6) is 0.109. The highest BCUT2D eigenvalue weighted by Crippen LogP contribution is 2.06. The fourth-order valence-corrected chi connectivity index (χ4v) is 2.30. The van der Waals surface area contributed by atoms with E-state index in [1.165, 1.54) is 0 Å². The van der Waals surface area contributed by atoms with Gasteiger partial charge in [-0.2, -0.15) is 0 Å². The summed E-state index contributed by atoms with van der Waals surface area (Å²) in [6.45, 7) is 4.14. The predicted molar refractivity (Wildman–Crippen MR) is 76.2 cm³/mol. The van der Waals surface area contributed by atoms with Crippen LogP contribution in [0.25, 0.3) is 0 Å². The van der Waals surface area contributed by atoms with Gasteiger partial charge >= 0.3 is 0 Å². The summed E-state index contributed by atoms with van der Waals surface area (Å²) in [6.07, 6.45) is 0. The molecule has 1 aromatic rings. The van der Waals surface area contributed by atoms with E-state index in [0.717, 1.165) is 5.56 Å². The number of benzene rings is 1. The molecule has 0 atom stereocenters. The zero-order chi connectivity index (χ0) is 14.2. The van der Waals surface area contributed by atoms with Crippen molar-refractivity contribution >= 4 is 5.91 Å². The maximum atomic E-state index is 12.2. The van der Waals surface area contributed by atoms with Crippen LogP contribution < -0.4 is 0 Å². The highest BCUT2D eigenvalue weighted by molar-refractivity contribution is 5.78. The molecule has 1 amide bonds. The highest BCUT2D eigenvalue weighted by Gasteiger charge is 2.19. The van der Waals surface area contributed by atoms with Crippen molar-refractivity contribution in [3.05, 3.63) is 35.9 Å². The molecule has 0 radical (unpaired) electrons. The van der Waals surface area contributed by atoms with Gasteiger partial charge < -0.3 is 14.7 Å². The normalized spacial score (nSPS) is 15.6. The minimum Gasteiger partial charge on any atom is -0.395 e. The van der Waals surface area contributed by atoms with E-state index in [-0.39, 0.29) is 12.5 Å². The van der Waals surface area contributed by atoms with E-state index in [0.29, 0.717) is 45.9 Å². The lowest BCUT2D eigenvalue weighted by Gasteiger charge is -2.29. The topological polar surface area (TPSA) is 53.0 Å². The molecule has 0 spiro atoms. The van der Waals surface area contributed by atoms with E-state index >= 15 is 0 Å². The third kappa shape index (κ3) is 4.59. The Morgan fingerprint density at radius 3 is 2.60 bits per heavy atom. The Morgan fingerprint density at radius 1 is 1.25 bits per heavy atom. The van der Waals surface area contributed by atoms with Crippen LogP contribution in [0.5, 0.6) is 0 Å². The highest BCUT2D eigenvalue weighted by atomic mass is 16.5. The maximum absolute atomic E-state index is 12.2. The van der Waals surface area contributed by atoms with Crippen molar-refractivity contribution in [1.29, 1.82) is 0 Å². The Morgan fingerprint density at radius 2 is 1.95 bits per heavy atom. The van der Waals surface area contributed by atoms with E-state index in [9.17, 15) is 4.79 Å². The standard InChI is InChI=1S/C15H22N2O3/c18-9-6-16(12-14-4-2-1-3-5-14)13-15(19)17-7-10-20-11-8-17/h1-5,18H,6-13H2. The van der Waals surface area contributed by atoms with Gasteiger partial charge in [-0.3, -0.25) is 9.69 Å². The molecule has 0 aromatic heterocycles. The molecule has 0 saturated carbocycles. The third-order valence-electron chi connectivity index (χ3n) is 3.39. The molecular weight excluding hydrogens is 256 g/mol. The second-order valence-electron chi connectivity index (χ2n) is 4.91. The second kappa shape index (κ2) is 7.99. The molecule has 20 heavy (non-hydrogen) atoms. The van der Waals surface area contributed by atoms with Crippen LogP contribution in [-0.2, 0) is 16.1 Å². The molecule has 2 rings (SSSR count). The van der Waals surface area contributed by atoms with Gasteiger partial charge in [0.05, 0.1) is 26.4 Å². The van der Waals surface area contributed by atoms with Crippen molar-refractivity contribution in [1.82, 2.24) is 9.80 Å². The number of aliphatic hydroxyl groups is 1. The van der Waals surface area contributed by atoms with Crippen molar-refractivity contribution in [2.45, 2.75) is 6.54 Å². The van der Waals surface area contributed by atoms with Crippen LogP contribution in [0.2, 0.25) is 0 Å². The van der Waals surface area contributed by atoms with Gasteiger partial charge in [-0.1, -0.05) is 30.3 Å². The molecule has 5 heteroatoms. The molecule has 1 saturated heterocycles. The van der Waals surface area contributed by atoms with E-state index in [4.69, 9.17) is 9.84 Å². The van der Waals surface area contributed by atoms with E-state index < -0.39 is 0 Å². The van der Waals surface area contributed by atoms with Crippen molar-refractivity contribution in [2.75, 3.05) is 46.0 Å². The second-order valence-corrected chi connectivity index (χ2v) is 4.91. The Kier molecular flexibility index (Phi) is 5.98. The summed E-state index contributed by atoms with van der Waals surface area (Å²) in [4.78, 5) is 16.0. The molecular formula is C15H22N2O3. The summed E-state index contributed by atoms with van der Waals surface area (Å²) in [5, 5.41) is 9.15. The lowest BCUT2D eigenvalue weighted by Crippen LogP contribution is -2.46. The molecule has 0 aliphatic carbocycles. The SMILES string of the molecule is O=C(CN(CCO)Cc1ccccc1)N1CCOCC1. The van der Waals surface area contributed by atoms with Gasteiger partial charge in [-0.05, 0) is 5.56 Å². The zero-order valence-corrected chi connectivity index (χ0v) is 11.7. The van der Waals surface area contributed by atoms with Gasteiger partial charge in [0.25, 0.3) is 0 Å². The van der Waals surface area contributed by atoms with E-state index in [1.54, 1.807) is 0 Å². The molecule has 0 unspecified atom stereocenters. The van der Waals surface area contributed by atoms with Crippen LogP contribution in [0.4, 0.5) is 0 Å². The minimum atomic E-state index is 0.0588. The maximum Gasteiger partial charge on any atom is 0.236 e. The Labute approximate surface area is 119 Å². The van der Waals surface area contributed by atoms with Crippen LogP contribution in [0, 0.1) is 0 Å².